The number of ketones is 1. The van der Waals surface area contributed by atoms with E-state index in [1.807, 2.05) is 7.05 Å². The van der Waals surface area contributed by atoms with Crippen molar-refractivity contribution in [3.63, 3.8) is 0 Å². The van der Waals surface area contributed by atoms with Crippen molar-refractivity contribution in [3.8, 4) is 10.4 Å². The maximum atomic E-state index is 11.7. The first-order valence-electron chi connectivity index (χ1n) is 8.75. The van der Waals surface area contributed by atoms with Crippen LogP contribution < -0.4 is 4.90 Å². The molecule has 0 bridgehead atoms. The summed E-state index contributed by atoms with van der Waals surface area (Å²) < 4.78 is 0. The van der Waals surface area contributed by atoms with E-state index in [4.69, 9.17) is 0 Å². The van der Waals surface area contributed by atoms with Crippen LogP contribution in [0.2, 0.25) is 0 Å². The molecule has 0 saturated carbocycles. The maximum Gasteiger partial charge on any atom is 0.231 e. The molecule has 0 unspecified atom stereocenters. The minimum atomic E-state index is -0.518. The van der Waals surface area contributed by atoms with Crippen LogP contribution in [0.25, 0.3) is 10.4 Å². The van der Waals surface area contributed by atoms with Crippen molar-refractivity contribution in [2.45, 2.75) is 26.2 Å². The molecule has 1 aromatic heterocycles. The van der Waals surface area contributed by atoms with E-state index in [2.05, 4.69) is 56.0 Å². The number of fused-ring (bicyclic) bond motifs is 1. The highest BCUT2D eigenvalue weighted by Gasteiger charge is 2.41. The molecule has 0 fully saturated rings. The normalized spacial score (nSPS) is 21.2. The molecule has 4 nitrogen and oxygen atoms in total. The number of aliphatic hydroxyl groups excluding tert-OH is 2. The number of hydrogen-bond acceptors (Lipinski definition) is 5. The molecule has 27 heavy (non-hydrogen) atoms. The molecule has 2 aliphatic rings. The summed E-state index contributed by atoms with van der Waals surface area (Å²) in [4.78, 5) is 16.3. The van der Waals surface area contributed by atoms with Crippen molar-refractivity contribution >= 4 is 22.8 Å². The van der Waals surface area contributed by atoms with Gasteiger partial charge < -0.3 is 15.1 Å². The molecule has 0 saturated heterocycles. The van der Waals surface area contributed by atoms with Crippen LogP contribution in [0.1, 0.15) is 24.3 Å². The Morgan fingerprint density at radius 1 is 1.19 bits per heavy atom. The number of thiophene rings is 1. The van der Waals surface area contributed by atoms with Gasteiger partial charge in [0.05, 0.1) is 11.8 Å². The lowest BCUT2D eigenvalue weighted by molar-refractivity contribution is -0.115. The van der Waals surface area contributed by atoms with Crippen molar-refractivity contribution in [2.24, 2.45) is 0 Å². The Kier molecular flexibility index (Phi) is 3.82. The summed E-state index contributed by atoms with van der Waals surface area (Å²) in [5.41, 5.74) is 4.67. The van der Waals surface area contributed by atoms with Crippen LogP contribution in [0.4, 0.5) is 5.69 Å². The summed E-state index contributed by atoms with van der Waals surface area (Å²) in [5, 5.41) is 19.2. The lowest BCUT2D eigenvalue weighted by atomic mass is 9.80. The predicted octanol–water partition coefficient (Wildman–Crippen LogP) is 5.17. The molecule has 0 atom stereocenters. The Morgan fingerprint density at radius 3 is 2.56 bits per heavy atom. The molecule has 1 aromatic carbocycles. The van der Waals surface area contributed by atoms with Gasteiger partial charge in [0, 0.05) is 39.2 Å². The second-order valence-corrected chi connectivity index (χ2v) is 8.78. The first-order valence-corrected chi connectivity index (χ1v) is 9.57. The summed E-state index contributed by atoms with van der Waals surface area (Å²) >= 11 is 1.77. The number of anilines is 1. The van der Waals surface area contributed by atoms with Crippen LogP contribution in [-0.4, -0.2) is 23.0 Å². The third kappa shape index (κ3) is 2.46. The second-order valence-electron chi connectivity index (χ2n) is 7.49. The average Bonchev–Trinajstić information content (AvgIpc) is 3.16. The molecule has 0 radical (unpaired) electrons. The van der Waals surface area contributed by atoms with E-state index >= 15 is 0 Å². The van der Waals surface area contributed by atoms with E-state index < -0.39 is 5.78 Å². The molecule has 2 aromatic rings. The number of carbonyl (C=O) groups excluding carboxylic acids is 1. The first-order chi connectivity index (χ1) is 12.8. The Bertz CT molecular complexity index is 1070. The molecular formula is C22H21NO3S. The fraction of sp³-hybridized carbons (Fsp3) is 0.227. The molecule has 4 rings (SSSR count). The van der Waals surface area contributed by atoms with Gasteiger partial charge in [-0.25, -0.2) is 0 Å². The fourth-order valence-electron chi connectivity index (χ4n) is 3.88. The molecule has 1 aliphatic heterocycles. The molecular weight excluding hydrogens is 358 g/mol. The zero-order valence-corrected chi connectivity index (χ0v) is 16.5. The van der Waals surface area contributed by atoms with Gasteiger partial charge in [-0.2, -0.15) is 0 Å². The minimum Gasteiger partial charge on any atom is -0.515 e. The SMILES string of the molecule is Cc1ccc(-c2ccc3c(c2)C(C)(C)/C(=C\C2=C(O)C(=O)/C2=C/O)N3C)s1. The third-order valence-electron chi connectivity index (χ3n) is 5.47. The van der Waals surface area contributed by atoms with E-state index in [9.17, 15) is 15.0 Å². The molecule has 0 amide bonds. The first kappa shape index (κ1) is 17.6. The Hall–Kier alpha value is -2.79. The molecule has 2 heterocycles. The highest BCUT2D eigenvalue weighted by atomic mass is 32.1. The van der Waals surface area contributed by atoms with Gasteiger partial charge in [-0.15, -0.1) is 11.3 Å². The summed E-state index contributed by atoms with van der Waals surface area (Å²) in [5.74, 6) is -0.812. The minimum absolute atomic E-state index is 0.148. The lowest BCUT2D eigenvalue weighted by Gasteiger charge is -2.27. The topological polar surface area (TPSA) is 60.8 Å². The number of aliphatic hydroxyl groups is 2. The van der Waals surface area contributed by atoms with Crippen LogP contribution in [0, 0.1) is 6.92 Å². The number of rotatable bonds is 2. The van der Waals surface area contributed by atoms with Crippen molar-refractivity contribution in [2.75, 3.05) is 11.9 Å². The van der Waals surface area contributed by atoms with Crippen molar-refractivity contribution in [3.05, 3.63) is 75.7 Å². The van der Waals surface area contributed by atoms with Crippen LogP contribution in [0.3, 0.4) is 0 Å². The predicted molar refractivity (Wildman–Crippen MR) is 109 cm³/mol. The van der Waals surface area contributed by atoms with E-state index in [0.29, 0.717) is 5.57 Å². The average molecular weight is 379 g/mol. The van der Waals surface area contributed by atoms with E-state index in [1.165, 1.54) is 20.9 Å². The summed E-state index contributed by atoms with van der Waals surface area (Å²) in [7, 11) is 1.98. The van der Waals surface area contributed by atoms with Gasteiger partial charge in [0.15, 0.2) is 5.76 Å². The van der Waals surface area contributed by atoms with E-state index in [0.717, 1.165) is 17.6 Å². The molecule has 0 spiro atoms. The molecule has 1 aliphatic carbocycles. The van der Waals surface area contributed by atoms with Gasteiger partial charge in [-0.1, -0.05) is 19.9 Å². The number of likely N-dealkylation sites (N-methyl/N-ethyl adjacent to an activating group) is 1. The zero-order valence-electron chi connectivity index (χ0n) is 15.7. The Labute approximate surface area is 162 Å². The van der Waals surface area contributed by atoms with Crippen molar-refractivity contribution in [1.82, 2.24) is 0 Å². The third-order valence-corrected chi connectivity index (χ3v) is 6.52. The van der Waals surface area contributed by atoms with Gasteiger partial charge in [0.2, 0.25) is 5.78 Å². The number of allylic oxidation sites excluding steroid dienone is 4. The second kappa shape index (κ2) is 5.86. The molecule has 138 valence electrons. The highest BCUT2D eigenvalue weighted by Crippen LogP contribution is 2.49. The molecule has 2 N–H and O–H groups in total. The number of nitrogens with zero attached hydrogens (tertiary/aromatic N) is 1. The zero-order chi connectivity index (χ0) is 19.5. The quantitative estimate of drug-likeness (QED) is 0.558. The smallest absolute Gasteiger partial charge is 0.231 e. The summed E-state index contributed by atoms with van der Waals surface area (Å²) in [6.45, 7) is 6.36. The summed E-state index contributed by atoms with van der Waals surface area (Å²) in [6.07, 6.45) is 2.56. The molecule has 5 heteroatoms. The van der Waals surface area contributed by atoms with Crippen molar-refractivity contribution < 1.29 is 15.0 Å². The van der Waals surface area contributed by atoms with Crippen LogP contribution >= 0.6 is 11.3 Å². The maximum absolute atomic E-state index is 11.7. The number of hydrogen-bond donors (Lipinski definition) is 2. The monoisotopic (exact) mass is 379 g/mol. The van der Waals surface area contributed by atoms with Crippen LogP contribution in [-0.2, 0) is 10.2 Å². The van der Waals surface area contributed by atoms with Gasteiger partial charge in [0.1, 0.15) is 0 Å². The van der Waals surface area contributed by atoms with Gasteiger partial charge in [-0.05, 0) is 48.4 Å². The number of aryl methyl sites for hydroxylation is 1. The highest BCUT2D eigenvalue weighted by molar-refractivity contribution is 7.15. The Morgan fingerprint density at radius 2 is 1.93 bits per heavy atom. The van der Waals surface area contributed by atoms with Gasteiger partial charge in [-0.3, -0.25) is 4.79 Å². The number of Topliss-reactive ketones (excluding diaryl/α,β-unsaturated/α-hetero) is 1. The lowest BCUT2D eigenvalue weighted by Crippen LogP contribution is -2.26. The van der Waals surface area contributed by atoms with Gasteiger partial charge in [0.25, 0.3) is 0 Å². The van der Waals surface area contributed by atoms with E-state index in [-0.39, 0.29) is 16.7 Å². The largest absolute Gasteiger partial charge is 0.515 e. The van der Waals surface area contributed by atoms with E-state index in [1.54, 1.807) is 17.4 Å². The van der Waals surface area contributed by atoms with Crippen LogP contribution in [0.15, 0.2) is 65.3 Å². The number of benzene rings is 1. The standard InChI is InChI=1S/C22H21NO3S/c1-12-5-8-18(27-12)13-6-7-17-16(9-13)22(2,3)19(23(17)4)10-14-15(11-24)21(26)20(14)25/h5-11,24-25H,1-4H3/b15-11+,19-10+. The summed E-state index contributed by atoms with van der Waals surface area (Å²) in [6, 6.07) is 10.7. The van der Waals surface area contributed by atoms with Gasteiger partial charge >= 0.3 is 0 Å². The van der Waals surface area contributed by atoms with Crippen LogP contribution in [0.5, 0.6) is 0 Å². The fourth-order valence-corrected chi connectivity index (χ4v) is 4.75. The Balaban J connectivity index is 1.81. The van der Waals surface area contributed by atoms with Crippen molar-refractivity contribution in [1.29, 1.82) is 0 Å². The number of carbonyl (C=O) groups is 1.